The highest BCUT2D eigenvalue weighted by molar-refractivity contribution is 9.10. The van der Waals surface area contributed by atoms with E-state index in [0.29, 0.717) is 0 Å². The largest absolute Gasteiger partial charge is 0.480 e. The van der Waals surface area contributed by atoms with E-state index in [2.05, 4.69) is 15.9 Å². The molecule has 0 unspecified atom stereocenters. The highest BCUT2D eigenvalue weighted by atomic mass is 79.9. The van der Waals surface area contributed by atoms with Crippen LogP contribution < -0.4 is 5.54 Å². The quantitative estimate of drug-likeness (QED) is 0.815. The highest BCUT2D eigenvalue weighted by Gasteiger charge is 2.16. The lowest BCUT2D eigenvalue weighted by molar-refractivity contribution is -0.140. The second-order valence-corrected chi connectivity index (χ2v) is 3.75. The summed E-state index contributed by atoms with van der Waals surface area (Å²) >= 11 is 3.25. The predicted molar refractivity (Wildman–Crippen MR) is 53.5 cm³/mol. The molecule has 0 bridgehead atoms. The van der Waals surface area contributed by atoms with Crippen LogP contribution in [0, 0.1) is 0 Å². The van der Waals surface area contributed by atoms with Gasteiger partial charge in [-0.15, -0.1) is 10.0 Å². The molecule has 3 nitrogen and oxygen atoms in total. The van der Waals surface area contributed by atoms with Crippen molar-refractivity contribution in [3.8, 4) is 0 Å². The molecule has 0 aliphatic carbocycles. The Morgan fingerprint density at radius 3 is 2.50 bits per heavy atom. The number of carboxylic acid groups (broad SMARTS) is 1. The molecule has 0 spiro atoms. The van der Waals surface area contributed by atoms with Gasteiger partial charge < -0.3 is 5.11 Å². The first-order valence-corrected chi connectivity index (χ1v) is 4.76. The summed E-state index contributed by atoms with van der Waals surface area (Å²) < 4.78 is 12.9. The van der Waals surface area contributed by atoms with Crippen molar-refractivity contribution in [3.63, 3.8) is 0 Å². The summed E-state index contributed by atoms with van der Waals surface area (Å²) in [5.41, 5.74) is 2.02. The zero-order chi connectivity index (χ0) is 10.6. The first kappa shape index (κ1) is 11.1. The van der Waals surface area contributed by atoms with Crippen LogP contribution in [0.5, 0.6) is 0 Å². The molecular formula is C9H9BrFNO2. The summed E-state index contributed by atoms with van der Waals surface area (Å²) in [4.78, 5) is 10.5. The number of hydrogen-bond acceptors (Lipinski definition) is 2. The fraction of sp³-hybridized carbons (Fsp3) is 0.222. The maximum Gasteiger partial charge on any atom is 0.323 e. The maximum absolute atomic E-state index is 12.0. The molecule has 1 atom stereocenters. The molecule has 0 aliphatic rings. The van der Waals surface area contributed by atoms with Gasteiger partial charge in [0.05, 0.1) is 0 Å². The molecule has 1 aromatic carbocycles. The molecular weight excluding hydrogens is 253 g/mol. The van der Waals surface area contributed by atoms with Crippen molar-refractivity contribution in [2.75, 3.05) is 0 Å². The number of hydrogen-bond donors (Lipinski definition) is 2. The predicted octanol–water partition coefficient (Wildman–Crippen LogP) is 1.92. The lowest BCUT2D eigenvalue weighted by Gasteiger charge is -2.08. The smallest absolute Gasteiger partial charge is 0.323 e. The SMILES string of the molecule is O=C(O)[C@H](Cc1ccc(Br)cc1)NF. The summed E-state index contributed by atoms with van der Waals surface area (Å²) in [6, 6.07) is 5.88. The standard InChI is InChI=1S/C9H9BrFNO2/c10-7-3-1-6(2-4-7)5-8(12-11)9(13)14/h1-4,8,12H,5H2,(H,13,14)/t8-/m0/s1. The zero-order valence-corrected chi connectivity index (χ0v) is 8.79. The average molecular weight is 262 g/mol. The van der Waals surface area contributed by atoms with E-state index in [1.165, 1.54) is 5.54 Å². The number of carbonyl (C=O) groups is 1. The molecule has 1 rings (SSSR count). The van der Waals surface area contributed by atoms with Crippen molar-refractivity contribution in [2.45, 2.75) is 12.5 Å². The van der Waals surface area contributed by atoms with Crippen LogP contribution in [0.2, 0.25) is 0 Å². The van der Waals surface area contributed by atoms with Gasteiger partial charge in [-0.2, -0.15) is 0 Å². The van der Waals surface area contributed by atoms with Gasteiger partial charge >= 0.3 is 5.97 Å². The third-order valence-electron chi connectivity index (χ3n) is 1.78. The van der Waals surface area contributed by atoms with Gasteiger partial charge in [0.2, 0.25) is 0 Å². The maximum atomic E-state index is 12.0. The van der Waals surface area contributed by atoms with E-state index in [4.69, 9.17) is 5.11 Å². The number of carboxylic acids is 1. The van der Waals surface area contributed by atoms with Crippen LogP contribution in [-0.4, -0.2) is 17.1 Å². The summed E-state index contributed by atoms with van der Waals surface area (Å²) in [5, 5.41) is 8.58. The van der Waals surface area contributed by atoms with Crippen LogP contribution in [0.3, 0.4) is 0 Å². The number of aliphatic carboxylic acids is 1. The van der Waals surface area contributed by atoms with Crippen LogP contribution in [0.15, 0.2) is 28.7 Å². The molecule has 0 saturated heterocycles. The molecule has 0 radical (unpaired) electrons. The molecule has 76 valence electrons. The van der Waals surface area contributed by atoms with Crippen LogP contribution in [0.25, 0.3) is 0 Å². The fourth-order valence-electron chi connectivity index (χ4n) is 1.03. The van der Waals surface area contributed by atoms with Crippen molar-refractivity contribution >= 4 is 21.9 Å². The van der Waals surface area contributed by atoms with Crippen LogP contribution in [-0.2, 0) is 11.2 Å². The molecule has 0 amide bonds. The van der Waals surface area contributed by atoms with Gasteiger partial charge in [-0.05, 0) is 17.7 Å². The molecule has 0 fully saturated rings. The Bertz CT molecular complexity index is 315. The van der Waals surface area contributed by atoms with E-state index >= 15 is 0 Å². The Hall–Kier alpha value is -0.940. The van der Waals surface area contributed by atoms with Crippen molar-refractivity contribution in [1.29, 1.82) is 0 Å². The number of halogens is 2. The Kier molecular flexibility index (Phi) is 4.03. The summed E-state index contributed by atoms with van der Waals surface area (Å²) in [6.45, 7) is 0. The molecule has 0 heterocycles. The molecule has 14 heavy (non-hydrogen) atoms. The Balaban J connectivity index is 2.67. The molecule has 0 aliphatic heterocycles. The molecule has 0 aromatic heterocycles. The van der Waals surface area contributed by atoms with E-state index in [1.54, 1.807) is 24.3 Å². The van der Waals surface area contributed by atoms with E-state index < -0.39 is 12.0 Å². The zero-order valence-electron chi connectivity index (χ0n) is 7.21. The van der Waals surface area contributed by atoms with Crippen molar-refractivity contribution in [2.24, 2.45) is 0 Å². The van der Waals surface area contributed by atoms with E-state index in [-0.39, 0.29) is 6.42 Å². The second kappa shape index (κ2) is 5.07. The molecule has 0 saturated carbocycles. The van der Waals surface area contributed by atoms with E-state index in [1.807, 2.05) is 0 Å². The normalized spacial score (nSPS) is 12.4. The van der Waals surface area contributed by atoms with Gasteiger partial charge in [0.25, 0.3) is 0 Å². The minimum absolute atomic E-state index is 0.124. The van der Waals surface area contributed by atoms with Gasteiger partial charge in [-0.25, -0.2) is 0 Å². The second-order valence-electron chi connectivity index (χ2n) is 2.83. The van der Waals surface area contributed by atoms with Gasteiger partial charge in [0.1, 0.15) is 6.04 Å². The topological polar surface area (TPSA) is 49.3 Å². The van der Waals surface area contributed by atoms with Gasteiger partial charge in [-0.1, -0.05) is 28.1 Å². The summed E-state index contributed by atoms with van der Waals surface area (Å²) in [6.07, 6.45) is 0.124. The summed E-state index contributed by atoms with van der Waals surface area (Å²) in [5.74, 6) is -1.20. The Labute approximate surface area is 89.0 Å². The highest BCUT2D eigenvalue weighted by Crippen LogP contribution is 2.12. The fourth-order valence-corrected chi connectivity index (χ4v) is 1.29. The number of rotatable bonds is 4. The number of nitrogens with one attached hydrogen (secondary N) is 1. The van der Waals surface area contributed by atoms with Gasteiger partial charge in [0, 0.05) is 10.9 Å². The monoisotopic (exact) mass is 261 g/mol. The first-order valence-electron chi connectivity index (χ1n) is 3.97. The first-order chi connectivity index (χ1) is 6.63. The van der Waals surface area contributed by atoms with Crippen LogP contribution in [0.4, 0.5) is 4.48 Å². The van der Waals surface area contributed by atoms with Gasteiger partial charge in [-0.3, -0.25) is 4.79 Å². The van der Waals surface area contributed by atoms with Crippen molar-refractivity contribution < 1.29 is 14.4 Å². The summed E-state index contributed by atoms with van der Waals surface area (Å²) in [7, 11) is 0. The third-order valence-corrected chi connectivity index (χ3v) is 2.31. The Morgan fingerprint density at radius 2 is 2.07 bits per heavy atom. The average Bonchev–Trinajstić information content (AvgIpc) is 2.16. The Morgan fingerprint density at radius 1 is 1.50 bits per heavy atom. The lowest BCUT2D eigenvalue weighted by atomic mass is 10.1. The van der Waals surface area contributed by atoms with Gasteiger partial charge in [0.15, 0.2) is 0 Å². The van der Waals surface area contributed by atoms with Crippen LogP contribution in [0.1, 0.15) is 5.56 Å². The minimum Gasteiger partial charge on any atom is -0.480 e. The third kappa shape index (κ3) is 3.08. The minimum atomic E-state index is -1.20. The van der Waals surface area contributed by atoms with E-state index in [0.717, 1.165) is 10.0 Å². The van der Waals surface area contributed by atoms with Crippen LogP contribution >= 0.6 is 15.9 Å². The lowest BCUT2D eigenvalue weighted by Crippen LogP contribution is -2.33. The number of benzene rings is 1. The molecule has 2 N–H and O–H groups in total. The van der Waals surface area contributed by atoms with Crippen molar-refractivity contribution in [1.82, 2.24) is 5.54 Å². The van der Waals surface area contributed by atoms with E-state index in [9.17, 15) is 9.28 Å². The molecule has 5 heteroatoms. The molecule has 1 aromatic rings. The van der Waals surface area contributed by atoms with Crippen molar-refractivity contribution in [3.05, 3.63) is 34.3 Å².